The maximum absolute atomic E-state index is 5.96. The van der Waals surface area contributed by atoms with Crippen LogP contribution in [0, 0.1) is 6.92 Å². The van der Waals surface area contributed by atoms with Crippen LogP contribution in [-0.2, 0) is 6.42 Å². The summed E-state index contributed by atoms with van der Waals surface area (Å²) in [5.41, 5.74) is 4.33. The Kier molecular flexibility index (Phi) is 3.78. The molecule has 0 unspecified atom stereocenters. The molecule has 4 nitrogen and oxygen atoms in total. The van der Waals surface area contributed by atoms with E-state index in [2.05, 4.69) is 35.2 Å². The van der Waals surface area contributed by atoms with Gasteiger partial charge in [-0.1, -0.05) is 26.0 Å². The van der Waals surface area contributed by atoms with Gasteiger partial charge in [0.2, 0.25) is 0 Å². The Balaban J connectivity index is 1.94. The van der Waals surface area contributed by atoms with Crippen LogP contribution in [0.2, 0.25) is 0 Å². The van der Waals surface area contributed by atoms with Crippen molar-refractivity contribution in [2.24, 2.45) is 0 Å². The number of nitrogens with one attached hydrogen (secondary N) is 1. The van der Waals surface area contributed by atoms with E-state index in [0.717, 1.165) is 42.2 Å². The van der Waals surface area contributed by atoms with Gasteiger partial charge in [0.15, 0.2) is 5.75 Å². The van der Waals surface area contributed by atoms with Gasteiger partial charge in [0, 0.05) is 12.2 Å². The van der Waals surface area contributed by atoms with E-state index in [0.29, 0.717) is 11.9 Å². The first kappa shape index (κ1) is 13.9. The predicted molar refractivity (Wildman–Crippen MR) is 84.2 cm³/mol. The van der Waals surface area contributed by atoms with Gasteiger partial charge in [0.1, 0.15) is 0 Å². The SMILES string of the molecule is Cc1cc(C(C)C)nc(Oc2cccc3c2NCCC3)n1. The van der Waals surface area contributed by atoms with Crippen LogP contribution in [0.5, 0.6) is 11.8 Å². The summed E-state index contributed by atoms with van der Waals surface area (Å²) in [4.78, 5) is 8.92. The summed E-state index contributed by atoms with van der Waals surface area (Å²) in [7, 11) is 0. The molecule has 0 aliphatic carbocycles. The molecule has 0 amide bonds. The molecule has 0 saturated carbocycles. The number of ether oxygens (including phenoxy) is 1. The van der Waals surface area contributed by atoms with E-state index in [1.165, 1.54) is 5.56 Å². The average molecular weight is 283 g/mol. The van der Waals surface area contributed by atoms with Gasteiger partial charge in [-0.2, -0.15) is 4.98 Å². The van der Waals surface area contributed by atoms with E-state index in [1.807, 2.05) is 25.1 Å². The van der Waals surface area contributed by atoms with Crippen LogP contribution >= 0.6 is 0 Å². The van der Waals surface area contributed by atoms with Crippen LogP contribution in [-0.4, -0.2) is 16.5 Å². The Labute approximate surface area is 125 Å². The van der Waals surface area contributed by atoms with Gasteiger partial charge >= 0.3 is 6.01 Å². The summed E-state index contributed by atoms with van der Waals surface area (Å²) in [6.45, 7) is 7.20. The van der Waals surface area contributed by atoms with Crippen molar-refractivity contribution in [3.63, 3.8) is 0 Å². The quantitative estimate of drug-likeness (QED) is 0.922. The minimum Gasteiger partial charge on any atom is -0.422 e. The standard InChI is InChI=1S/C17H21N3O/c1-11(2)14-10-12(3)19-17(20-14)21-15-8-4-6-13-7-5-9-18-16(13)15/h4,6,8,10-11,18H,5,7,9H2,1-3H3. The Hall–Kier alpha value is -2.10. The molecule has 21 heavy (non-hydrogen) atoms. The number of hydrogen-bond acceptors (Lipinski definition) is 4. The molecule has 0 saturated heterocycles. The largest absolute Gasteiger partial charge is 0.422 e. The fraction of sp³-hybridized carbons (Fsp3) is 0.412. The van der Waals surface area contributed by atoms with Crippen LogP contribution in [0.15, 0.2) is 24.3 Å². The molecule has 0 spiro atoms. The third-order valence-corrected chi connectivity index (χ3v) is 3.68. The van der Waals surface area contributed by atoms with E-state index in [9.17, 15) is 0 Å². The van der Waals surface area contributed by atoms with Gasteiger partial charge in [-0.25, -0.2) is 4.98 Å². The van der Waals surface area contributed by atoms with Gasteiger partial charge in [-0.15, -0.1) is 0 Å². The first-order valence-electron chi connectivity index (χ1n) is 7.52. The summed E-state index contributed by atoms with van der Waals surface area (Å²) in [5, 5.41) is 3.42. The number of fused-ring (bicyclic) bond motifs is 1. The highest BCUT2D eigenvalue weighted by atomic mass is 16.5. The van der Waals surface area contributed by atoms with Crippen molar-refractivity contribution < 1.29 is 4.74 Å². The van der Waals surface area contributed by atoms with Crippen molar-refractivity contribution in [1.29, 1.82) is 0 Å². The van der Waals surface area contributed by atoms with Crippen LogP contribution < -0.4 is 10.1 Å². The molecule has 1 aliphatic rings. The molecule has 1 aromatic heterocycles. The number of aromatic nitrogens is 2. The monoisotopic (exact) mass is 283 g/mol. The van der Waals surface area contributed by atoms with Gasteiger partial charge in [-0.05, 0) is 43.4 Å². The van der Waals surface area contributed by atoms with Crippen molar-refractivity contribution in [2.75, 3.05) is 11.9 Å². The number of anilines is 1. The molecular weight excluding hydrogens is 262 g/mol. The van der Waals surface area contributed by atoms with Crippen molar-refractivity contribution in [1.82, 2.24) is 9.97 Å². The molecule has 0 atom stereocenters. The fourth-order valence-electron chi connectivity index (χ4n) is 2.57. The van der Waals surface area contributed by atoms with Gasteiger partial charge in [0.25, 0.3) is 0 Å². The minimum atomic E-state index is 0.358. The Morgan fingerprint density at radius 3 is 2.90 bits per heavy atom. The average Bonchev–Trinajstić information content (AvgIpc) is 2.47. The third kappa shape index (κ3) is 2.99. The topological polar surface area (TPSA) is 47.0 Å². The zero-order valence-corrected chi connectivity index (χ0v) is 12.8. The van der Waals surface area contributed by atoms with Crippen LogP contribution in [0.25, 0.3) is 0 Å². The van der Waals surface area contributed by atoms with E-state index >= 15 is 0 Å². The van der Waals surface area contributed by atoms with E-state index in [4.69, 9.17) is 4.74 Å². The second kappa shape index (κ2) is 5.72. The molecule has 4 heteroatoms. The van der Waals surface area contributed by atoms with Gasteiger partial charge < -0.3 is 10.1 Å². The molecule has 0 radical (unpaired) electrons. The summed E-state index contributed by atoms with van der Waals surface area (Å²) in [5.74, 6) is 1.17. The number of rotatable bonds is 3. The Morgan fingerprint density at radius 1 is 1.24 bits per heavy atom. The number of para-hydroxylation sites is 1. The fourth-order valence-corrected chi connectivity index (χ4v) is 2.57. The second-order valence-corrected chi connectivity index (χ2v) is 5.79. The second-order valence-electron chi connectivity index (χ2n) is 5.79. The minimum absolute atomic E-state index is 0.358. The Bertz CT molecular complexity index is 652. The molecule has 3 rings (SSSR count). The summed E-state index contributed by atoms with van der Waals surface area (Å²) in [6.07, 6.45) is 2.25. The summed E-state index contributed by atoms with van der Waals surface area (Å²) >= 11 is 0. The maximum atomic E-state index is 5.96. The lowest BCUT2D eigenvalue weighted by Gasteiger charge is -2.20. The van der Waals surface area contributed by atoms with Crippen LogP contribution in [0.1, 0.15) is 43.1 Å². The molecule has 1 N–H and O–H groups in total. The van der Waals surface area contributed by atoms with E-state index in [1.54, 1.807) is 0 Å². The molecule has 1 aliphatic heterocycles. The molecular formula is C17H21N3O. The van der Waals surface area contributed by atoms with Crippen LogP contribution in [0.4, 0.5) is 5.69 Å². The molecule has 2 heterocycles. The number of hydrogen-bond donors (Lipinski definition) is 1. The molecule has 0 bridgehead atoms. The molecule has 110 valence electrons. The van der Waals surface area contributed by atoms with Crippen LogP contribution in [0.3, 0.4) is 0 Å². The highest BCUT2D eigenvalue weighted by molar-refractivity contribution is 5.63. The first-order chi connectivity index (χ1) is 10.1. The summed E-state index contributed by atoms with van der Waals surface area (Å²) in [6, 6.07) is 8.58. The number of benzene rings is 1. The normalized spacial score (nSPS) is 13.7. The molecule has 1 aromatic carbocycles. The molecule has 2 aromatic rings. The van der Waals surface area contributed by atoms with Crippen molar-refractivity contribution in [3.8, 4) is 11.8 Å². The zero-order valence-electron chi connectivity index (χ0n) is 12.8. The lowest BCUT2D eigenvalue weighted by molar-refractivity contribution is 0.437. The van der Waals surface area contributed by atoms with E-state index in [-0.39, 0.29) is 0 Å². The highest BCUT2D eigenvalue weighted by Crippen LogP contribution is 2.34. The van der Waals surface area contributed by atoms with Gasteiger partial charge in [-0.3, -0.25) is 0 Å². The summed E-state index contributed by atoms with van der Waals surface area (Å²) < 4.78 is 5.96. The zero-order chi connectivity index (χ0) is 14.8. The highest BCUT2D eigenvalue weighted by Gasteiger charge is 2.15. The third-order valence-electron chi connectivity index (χ3n) is 3.68. The number of aryl methyl sites for hydroxylation is 2. The van der Waals surface area contributed by atoms with Crippen molar-refractivity contribution >= 4 is 5.69 Å². The van der Waals surface area contributed by atoms with Crippen molar-refractivity contribution in [2.45, 2.75) is 39.5 Å². The maximum Gasteiger partial charge on any atom is 0.322 e. The molecule has 0 fully saturated rings. The predicted octanol–water partition coefficient (Wildman–Crippen LogP) is 4.06. The first-order valence-corrected chi connectivity index (χ1v) is 7.52. The number of nitrogens with zero attached hydrogens (tertiary/aromatic N) is 2. The lowest BCUT2D eigenvalue weighted by atomic mass is 10.0. The lowest BCUT2D eigenvalue weighted by Crippen LogP contribution is -2.12. The van der Waals surface area contributed by atoms with Crippen molar-refractivity contribution in [3.05, 3.63) is 41.2 Å². The van der Waals surface area contributed by atoms with E-state index < -0.39 is 0 Å². The smallest absolute Gasteiger partial charge is 0.322 e. The van der Waals surface area contributed by atoms with Gasteiger partial charge in [0.05, 0.1) is 11.4 Å². The Morgan fingerprint density at radius 2 is 2.10 bits per heavy atom.